The molecular weight excluding hydrogens is 404 g/mol. The molecule has 0 radical (unpaired) electrons. The number of nitrogens with one attached hydrogen (secondary N) is 1. The molecule has 1 N–H and O–H groups in total. The van der Waals surface area contributed by atoms with E-state index in [4.69, 9.17) is 21.1 Å². The van der Waals surface area contributed by atoms with E-state index >= 15 is 0 Å². The molecule has 0 aliphatic rings. The Morgan fingerprint density at radius 2 is 2.00 bits per heavy atom. The molecule has 1 amide bonds. The lowest BCUT2D eigenvalue weighted by atomic mass is 10.2. The van der Waals surface area contributed by atoms with E-state index in [1.54, 1.807) is 30.3 Å². The lowest BCUT2D eigenvalue weighted by molar-refractivity contribution is 0.102. The van der Waals surface area contributed by atoms with E-state index in [-0.39, 0.29) is 10.7 Å². The molecule has 0 saturated carbocycles. The SMILES string of the molecule is CCOc1ccc(Cl)c(C(=O)Nc2cccc(OCc3cn4ccccc4n3)c2)n1. The van der Waals surface area contributed by atoms with Gasteiger partial charge in [-0.3, -0.25) is 4.79 Å². The van der Waals surface area contributed by atoms with Crippen molar-refractivity contribution in [1.29, 1.82) is 0 Å². The fourth-order valence-electron chi connectivity index (χ4n) is 2.88. The number of fused-ring (bicyclic) bond motifs is 1. The third kappa shape index (κ3) is 4.52. The number of carbonyl (C=O) groups excluding carboxylic acids is 1. The smallest absolute Gasteiger partial charge is 0.275 e. The Bertz CT molecular complexity index is 1160. The highest BCUT2D eigenvalue weighted by Gasteiger charge is 2.14. The summed E-state index contributed by atoms with van der Waals surface area (Å²) < 4.78 is 13.1. The molecule has 0 unspecified atom stereocenters. The molecule has 4 rings (SSSR count). The first-order valence-corrected chi connectivity index (χ1v) is 9.76. The molecular formula is C22H19ClN4O3. The van der Waals surface area contributed by atoms with E-state index in [9.17, 15) is 4.79 Å². The minimum atomic E-state index is -0.431. The molecule has 0 spiro atoms. The Kier molecular flexibility index (Phi) is 5.81. The fourth-order valence-corrected chi connectivity index (χ4v) is 3.07. The number of hydrogen-bond acceptors (Lipinski definition) is 5. The van der Waals surface area contributed by atoms with Crippen LogP contribution in [0.15, 0.2) is 67.0 Å². The standard InChI is InChI=1S/C22H19ClN4O3/c1-2-29-20-10-9-18(23)21(26-20)22(28)25-15-6-5-7-17(12-15)30-14-16-13-27-11-4-3-8-19(27)24-16/h3-13H,2,14H2,1H3,(H,25,28). The number of hydrogen-bond donors (Lipinski definition) is 1. The second-order valence-electron chi connectivity index (χ2n) is 6.38. The maximum atomic E-state index is 12.6. The summed E-state index contributed by atoms with van der Waals surface area (Å²) >= 11 is 6.13. The maximum absolute atomic E-state index is 12.6. The number of anilines is 1. The minimum Gasteiger partial charge on any atom is -0.487 e. The molecule has 0 aliphatic heterocycles. The number of benzene rings is 1. The Morgan fingerprint density at radius 3 is 2.83 bits per heavy atom. The number of rotatable bonds is 7. The Balaban J connectivity index is 1.44. The molecule has 152 valence electrons. The van der Waals surface area contributed by atoms with Crippen LogP contribution < -0.4 is 14.8 Å². The normalized spacial score (nSPS) is 10.7. The van der Waals surface area contributed by atoms with E-state index in [1.165, 1.54) is 0 Å². The summed E-state index contributed by atoms with van der Waals surface area (Å²) in [4.78, 5) is 21.3. The first-order valence-electron chi connectivity index (χ1n) is 9.38. The van der Waals surface area contributed by atoms with Crippen LogP contribution in [-0.2, 0) is 6.61 Å². The molecule has 4 aromatic rings. The largest absolute Gasteiger partial charge is 0.487 e. The quantitative estimate of drug-likeness (QED) is 0.470. The number of pyridine rings is 2. The minimum absolute atomic E-state index is 0.0960. The van der Waals surface area contributed by atoms with Gasteiger partial charge in [-0.2, -0.15) is 0 Å². The van der Waals surface area contributed by atoms with Crippen LogP contribution in [0.3, 0.4) is 0 Å². The van der Waals surface area contributed by atoms with Crippen LogP contribution in [0.25, 0.3) is 5.65 Å². The van der Waals surface area contributed by atoms with Gasteiger partial charge in [-0.25, -0.2) is 9.97 Å². The molecule has 0 fully saturated rings. The van der Waals surface area contributed by atoms with Gasteiger partial charge in [-0.1, -0.05) is 23.7 Å². The Morgan fingerprint density at radius 1 is 1.10 bits per heavy atom. The highest BCUT2D eigenvalue weighted by atomic mass is 35.5. The first-order chi connectivity index (χ1) is 14.6. The van der Waals surface area contributed by atoms with Crippen LogP contribution in [-0.4, -0.2) is 26.9 Å². The van der Waals surface area contributed by atoms with E-state index in [2.05, 4.69) is 15.3 Å². The van der Waals surface area contributed by atoms with E-state index < -0.39 is 5.91 Å². The number of nitrogens with zero attached hydrogens (tertiary/aromatic N) is 3. The molecule has 0 aliphatic carbocycles. The molecule has 0 atom stereocenters. The van der Waals surface area contributed by atoms with Crippen molar-refractivity contribution in [2.24, 2.45) is 0 Å². The first kappa shape index (κ1) is 19.7. The van der Waals surface area contributed by atoms with Crippen molar-refractivity contribution in [3.8, 4) is 11.6 Å². The van der Waals surface area contributed by atoms with Gasteiger partial charge in [0.1, 0.15) is 18.0 Å². The molecule has 30 heavy (non-hydrogen) atoms. The van der Waals surface area contributed by atoms with Crippen molar-refractivity contribution in [1.82, 2.24) is 14.4 Å². The summed E-state index contributed by atoms with van der Waals surface area (Å²) in [5.74, 6) is 0.516. The highest BCUT2D eigenvalue weighted by molar-refractivity contribution is 6.34. The second kappa shape index (κ2) is 8.84. The lowest BCUT2D eigenvalue weighted by Gasteiger charge is -2.10. The lowest BCUT2D eigenvalue weighted by Crippen LogP contribution is -2.15. The van der Waals surface area contributed by atoms with Gasteiger partial charge < -0.3 is 19.2 Å². The van der Waals surface area contributed by atoms with Crippen LogP contribution in [0.1, 0.15) is 23.1 Å². The van der Waals surface area contributed by atoms with E-state index in [0.29, 0.717) is 30.5 Å². The number of aromatic nitrogens is 3. The Hall–Kier alpha value is -3.58. The third-order valence-electron chi connectivity index (χ3n) is 4.22. The van der Waals surface area contributed by atoms with Crippen molar-refractivity contribution in [3.05, 3.63) is 83.4 Å². The number of carbonyl (C=O) groups is 1. The zero-order valence-corrected chi connectivity index (χ0v) is 17.0. The Labute approximate surface area is 178 Å². The predicted octanol–water partition coefficient (Wildman–Crippen LogP) is 4.61. The van der Waals surface area contributed by atoms with E-state index in [0.717, 1.165) is 11.3 Å². The molecule has 3 aromatic heterocycles. The van der Waals surface area contributed by atoms with Gasteiger partial charge in [0.15, 0.2) is 5.69 Å². The second-order valence-corrected chi connectivity index (χ2v) is 6.79. The average Bonchev–Trinajstić information content (AvgIpc) is 3.17. The molecule has 8 heteroatoms. The average molecular weight is 423 g/mol. The van der Waals surface area contributed by atoms with Crippen molar-refractivity contribution in [3.63, 3.8) is 0 Å². The molecule has 7 nitrogen and oxygen atoms in total. The summed E-state index contributed by atoms with van der Waals surface area (Å²) in [7, 11) is 0. The van der Waals surface area contributed by atoms with Gasteiger partial charge in [-0.15, -0.1) is 0 Å². The van der Waals surface area contributed by atoms with Crippen molar-refractivity contribution in [2.45, 2.75) is 13.5 Å². The number of imidazole rings is 1. The van der Waals surface area contributed by atoms with Gasteiger partial charge in [0.2, 0.25) is 5.88 Å². The van der Waals surface area contributed by atoms with Crippen molar-refractivity contribution < 1.29 is 14.3 Å². The zero-order chi connectivity index (χ0) is 20.9. The number of amides is 1. The predicted molar refractivity (Wildman–Crippen MR) is 114 cm³/mol. The van der Waals surface area contributed by atoms with Crippen LogP contribution in [0.2, 0.25) is 5.02 Å². The van der Waals surface area contributed by atoms with Crippen molar-refractivity contribution >= 4 is 28.8 Å². The van der Waals surface area contributed by atoms with Crippen LogP contribution in [0.4, 0.5) is 5.69 Å². The summed E-state index contributed by atoms with van der Waals surface area (Å²) in [6.45, 7) is 2.60. The van der Waals surface area contributed by atoms with Gasteiger partial charge >= 0.3 is 0 Å². The molecule has 1 aromatic carbocycles. The number of halogens is 1. The molecule has 3 heterocycles. The summed E-state index contributed by atoms with van der Waals surface area (Å²) in [5, 5.41) is 3.03. The topological polar surface area (TPSA) is 77.8 Å². The van der Waals surface area contributed by atoms with Crippen LogP contribution in [0.5, 0.6) is 11.6 Å². The van der Waals surface area contributed by atoms with Gasteiger partial charge in [-0.05, 0) is 37.3 Å². The maximum Gasteiger partial charge on any atom is 0.275 e. The van der Waals surface area contributed by atoms with Gasteiger partial charge in [0.05, 0.1) is 17.3 Å². The molecule has 0 bridgehead atoms. The fraction of sp³-hybridized carbons (Fsp3) is 0.136. The summed E-state index contributed by atoms with van der Waals surface area (Å²) in [6, 6.07) is 16.1. The summed E-state index contributed by atoms with van der Waals surface area (Å²) in [6.07, 6.45) is 3.85. The highest BCUT2D eigenvalue weighted by Crippen LogP contribution is 2.22. The zero-order valence-electron chi connectivity index (χ0n) is 16.2. The number of ether oxygens (including phenoxy) is 2. The van der Waals surface area contributed by atoms with E-state index in [1.807, 2.05) is 48.0 Å². The van der Waals surface area contributed by atoms with Crippen molar-refractivity contribution in [2.75, 3.05) is 11.9 Å². The van der Waals surface area contributed by atoms with Gasteiger partial charge in [0, 0.05) is 30.2 Å². The summed E-state index contributed by atoms with van der Waals surface area (Å²) in [5.41, 5.74) is 2.32. The van der Waals surface area contributed by atoms with Gasteiger partial charge in [0.25, 0.3) is 5.91 Å². The third-order valence-corrected chi connectivity index (χ3v) is 4.53. The van der Waals surface area contributed by atoms with Crippen LogP contribution in [0, 0.1) is 0 Å². The monoisotopic (exact) mass is 422 g/mol. The van der Waals surface area contributed by atoms with Crippen LogP contribution >= 0.6 is 11.6 Å². The molecule has 0 saturated heterocycles.